The van der Waals surface area contributed by atoms with E-state index in [0.717, 1.165) is 5.56 Å². The second-order valence-electron chi connectivity index (χ2n) is 8.58. The van der Waals surface area contributed by atoms with Crippen molar-refractivity contribution < 1.29 is 18.7 Å². The molecule has 0 radical (unpaired) electrons. The first-order valence-corrected chi connectivity index (χ1v) is 11.2. The van der Waals surface area contributed by atoms with Crippen LogP contribution in [0, 0.1) is 17.2 Å². The van der Waals surface area contributed by atoms with E-state index in [4.69, 9.17) is 32.7 Å². The summed E-state index contributed by atoms with van der Waals surface area (Å²) in [6.07, 6.45) is 1.86. The highest BCUT2D eigenvalue weighted by Crippen LogP contribution is 2.71. The summed E-state index contributed by atoms with van der Waals surface area (Å²) in [7, 11) is 1.35. The Morgan fingerprint density at radius 3 is 2.33 bits per heavy atom. The van der Waals surface area contributed by atoms with Crippen molar-refractivity contribution in [1.82, 2.24) is 0 Å². The van der Waals surface area contributed by atoms with Crippen LogP contribution in [-0.2, 0) is 14.9 Å². The van der Waals surface area contributed by atoms with Gasteiger partial charge in [-0.1, -0.05) is 79.5 Å². The molecular formula is C27H23Cl2FO3. The van der Waals surface area contributed by atoms with Crippen LogP contribution in [0.25, 0.3) is 5.03 Å². The Balaban J connectivity index is 1.77. The van der Waals surface area contributed by atoms with Gasteiger partial charge in [-0.15, -0.1) is 0 Å². The summed E-state index contributed by atoms with van der Waals surface area (Å²) in [5.74, 6) is -0.677. The molecule has 1 aliphatic carbocycles. The first kappa shape index (κ1) is 23.3. The molecule has 170 valence electrons. The van der Waals surface area contributed by atoms with Crippen molar-refractivity contribution in [2.24, 2.45) is 11.3 Å². The van der Waals surface area contributed by atoms with E-state index < -0.39 is 22.6 Å². The third-order valence-corrected chi connectivity index (χ3v) is 7.07. The van der Waals surface area contributed by atoms with Crippen LogP contribution in [0.15, 0.2) is 78.9 Å². The third-order valence-electron chi connectivity index (χ3n) is 6.47. The average Bonchev–Trinajstić information content (AvgIpc) is 3.30. The zero-order chi connectivity index (χ0) is 23.8. The van der Waals surface area contributed by atoms with Gasteiger partial charge in [-0.2, -0.15) is 0 Å². The minimum atomic E-state index is -1.04. The van der Waals surface area contributed by atoms with Gasteiger partial charge >= 0.3 is 5.97 Å². The smallest absolute Gasteiger partial charge is 0.317 e. The second kappa shape index (κ2) is 8.85. The lowest BCUT2D eigenvalue weighted by Crippen LogP contribution is -2.28. The van der Waals surface area contributed by atoms with E-state index in [9.17, 15) is 9.18 Å². The van der Waals surface area contributed by atoms with Crippen molar-refractivity contribution in [3.63, 3.8) is 0 Å². The Bertz CT molecular complexity index is 1210. The van der Waals surface area contributed by atoms with Crippen LogP contribution in [0.2, 0.25) is 5.02 Å². The minimum Gasteiger partial charge on any atom is -0.468 e. The van der Waals surface area contributed by atoms with Gasteiger partial charge in [0.25, 0.3) is 0 Å². The molecule has 0 heterocycles. The summed E-state index contributed by atoms with van der Waals surface area (Å²) in [6.45, 7) is 3.94. The van der Waals surface area contributed by atoms with Gasteiger partial charge < -0.3 is 9.47 Å². The predicted octanol–water partition coefficient (Wildman–Crippen LogP) is 7.62. The number of allylic oxidation sites excluding steroid dienone is 1. The molecule has 3 aromatic rings. The number of rotatable bonds is 6. The monoisotopic (exact) mass is 484 g/mol. The highest BCUT2D eigenvalue weighted by atomic mass is 35.5. The van der Waals surface area contributed by atoms with Gasteiger partial charge in [0.05, 0.1) is 7.11 Å². The molecule has 0 amide bonds. The Labute approximate surface area is 202 Å². The highest BCUT2D eigenvalue weighted by Gasteiger charge is 2.76. The molecule has 3 aromatic carbocycles. The van der Waals surface area contributed by atoms with E-state index in [1.54, 1.807) is 48.5 Å². The van der Waals surface area contributed by atoms with Crippen LogP contribution in [0.1, 0.15) is 25.0 Å². The summed E-state index contributed by atoms with van der Waals surface area (Å²) in [4.78, 5) is 13.2. The first-order chi connectivity index (χ1) is 15.7. The molecule has 2 atom stereocenters. The topological polar surface area (TPSA) is 35.5 Å². The average molecular weight is 485 g/mol. The van der Waals surface area contributed by atoms with Gasteiger partial charge in [0.2, 0.25) is 0 Å². The fourth-order valence-electron chi connectivity index (χ4n) is 4.65. The lowest BCUT2D eigenvalue weighted by atomic mass is 9.87. The lowest BCUT2D eigenvalue weighted by Gasteiger charge is -2.20. The molecule has 2 unspecified atom stereocenters. The number of carbonyl (C=O) groups is 1. The Hall–Kier alpha value is -2.82. The van der Waals surface area contributed by atoms with E-state index in [1.807, 2.05) is 38.1 Å². The molecular weight excluding hydrogens is 462 g/mol. The van der Waals surface area contributed by atoms with Crippen LogP contribution in [0.4, 0.5) is 4.39 Å². The van der Waals surface area contributed by atoms with Crippen LogP contribution in [0.3, 0.4) is 0 Å². The summed E-state index contributed by atoms with van der Waals surface area (Å²) < 4.78 is 25.6. The molecule has 0 aliphatic heterocycles. The molecule has 33 heavy (non-hydrogen) atoms. The van der Waals surface area contributed by atoms with Crippen LogP contribution in [0.5, 0.6) is 11.5 Å². The summed E-state index contributed by atoms with van der Waals surface area (Å²) in [5.41, 5.74) is -0.186. The van der Waals surface area contributed by atoms with Crippen LogP contribution in [-0.4, -0.2) is 13.1 Å². The highest BCUT2D eigenvalue weighted by molar-refractivity contribution is 6.48. The van der Waals surface area contributed by atoms with Crippen molar-refractivity contribution in [2.75, 3.05) is 7.11 Å². The normalized spacial score (nSPS) is 21.4. The van der Waals surface area contributed by atoms with Gasteiger partial charge in [0, 0.05) is 16.0 Å². The molecule has 1 saturated carbocycles. The predicted molar refractivity (Wildman–Crippen MR) is 129 cm³/mol. The summed E-state index contributed by atoms with van der Waals surface area (Å²) >= 11 is 12.6. The number of benzene rings is 3. The zero-order valence-corrected chi connectivity index (χ0v) is 20.0. The molecule has 4 rings (SSSR count). The number of ether oxygens (including phenoxy) is 2. The molecule has 6 heteroatoms. The zero-order valence-electron chi connectivity index (χ0n) is 18.4. The molecule has 3 nitrogen and oxygen atoms in total. The van der Waals surface area contributed by atoms with Crippen LogP contribution < -0.4 is 4.74 Å². The number of methoxy groups -OCH3 is 1. The van der Waals surface area contributed by atoms with Gasteiger partial charge in [0.1, 0.15) is 11.2 Å². The van der Waals surface area contributed by atoms with E-state index in [1.165, 1.54) is 13.2 Å². The fourth-order valence-corrected chi connectivity index (χ4v) is 5.03. The van der Waals surface area contributed by atoms with Crippen molar-refractivity contribution in [1.29, 1.82) is 0 Å². The molecule has 1 fully saturated rings. The quantitative estimate of drug-likeness (QED) is 0.337. The minimum absolute atomic E-state index is 0.0382. The largest absolute Gasteiger partial charge is 0.468 e. The SMILES string of the molecule is COC(=O)C1(c2ccc(F)c(Oc3ccccc3)c2)C(C=C(Cl)c2ccc(Cl)cc2)C1(C)C. The van der Waals surface area contributed by atoms with Crippen molar-refractivity contribution in [2.45, 2.75) is 19.3 Å². The van der Waals surface area contributed by atoms with Gasteiger partial charge in [0.15, 0.2) is 11.6 Å². The fraction of sp³-hybridized carbons (Fsp3) is 0.222. The maximum absolute atomic E-state index is 14.6. The standard InChI is InChI=1S/C27H23Cl2FO3/c1-26(2)24(16-21(29)17-9-12-19(28)13-10-17)27(26,25(31)32-3)18-11-14-22(30)23(15-18)33-20-7-5-4-6-8-20/h4-16,24H,1-3H3. The lowest BCUT2D eigenvalue weighted by molar-refractivity contribution is -0.144. The Morgan fingerprint density at radius 2 is 1.70 bits per heavy atom. The molecule has 0 N–H and O–H groups in total. The number of halogens is 3. The molecule has 1 aliphatic rings. The second-order valence-corrected chi connectivity index (χ2v) is 9.42. The Morgan fingerprint density at radius 1 is 1.03 bits per heavy atom. The number of carbonyl (C=O) groups excluding carboxylic acids is 1. The van der Waals surface area contributed by atoms with Gasteiger partial charge in [-0.05, 0) is 52.9 Å². The van der Waals surface area contributed by atoms with Gasteiger partial charge in [-0.25, -0.2) is 4.39 Å². The summed E-state index contributed by atoms with van der Waals surface area (Å²) in [6, 6.07) is 20.6. The number of hydrogen-bond donors (Lipinski definition) is 0. The van der Waals surface area contributed by atoms with Crippen molar-refractivity contribution >= 4 is 34.2 Å². The maximum Gasteiger partial charge on any atom is 0.317 e. The van der Waals surface area contributed by atoms with E-state index in [2.05, 4.69) is 0 Å². The van der Waals surface area contributed by atoms with Crippen molar-refractivity contribution in [3.05, 3.63) is 101 Å². The molecule has 0 saturated heterocycles. The molecule has 0 spiro atoms. The maximum atomic E-state index is 14.6. The third kappa shape index (κ3) is 4.03. The van der Waals surface area contributed by atoms with Crippen LogP contribution >= 0.6 is 23.2 Å². The number of para-hydroxylation sites is 1. The van der Waals surface area contributed by atoms with E-state index >= 15 is 0 Å². The first-order valence-electron chi connectivity index (χ1n) is 10.5. The number of hydrogen-bond acceptors (Lipinski definition) is 3. The Kier molecular flexibility index (Phi) is 6.26. The van der Waals surface area contributed by atoms with E-state index in [0.29, 0.717) is 21.4 Å². The molecule has 0 aromatic heterocycles. The van der Waals surface area contributed by atoms with Gasteiger partial charge in [-0.3, -0.25) is 4.79 Å². The molecule has 0 bridgehead atoms. The van der Waals surface area contributed by atoms with Crippen molar-refractivity contribution in [3.8, 4) is 11.5 Å². The number of esters is 1. The van der Waals surface area contributed by atoms with E-state index in [-0.39, 0.29) is 11.7 Å². The summed E-state index contributed by atoms with van der Waals surface area (Å²) in [5, 5.41) is 1.11.